The molecule has 0 atom stereocenters. The molecule has 1 heterocycles. The quantitative estimate of drug-likeness (QED) is 0.817. The lowest BCUT2D eigenvalue weighted by Crippen LogP contribution is -2.20. The maximum Gasteiger partial charge on any atom is 0.139 e. The van der Waals surface area contributed by atoms with Gasteiger partial charge in [0.2, 0.25) is 0 Å². The van der Waals surface area contributed by atoms with E-state index in [4.69, 9.17) is 20.8 Å². The van der Waals surface area contributed by atoms with E-state index in [2.05, 4.69) is 21.2 Å². The third-order valence-electron chi connectivity index (χ3n) is 2.34. The van der Waals surface area contributed by atoms with Gasteiger partial charge in [-0.05, 0) is 24.3 Å². The molecule has 0 unspecified atom stereocenters. The van der Waals surface area contributed by atoms with Crippen LogP contribution in [0.15, 0.2) is 45.7 Å². The minimum absolute atomic E-state index is 0.564. The Morgan fingerprint density at radius 3 is 3.00 bits per heavy atom. The highest BCUT2D eigenvalue weighted by Crippen LogP contribution is 2.27. The number of halogens is 2. The van der Waals surface area contributed by atoms with Crippen molar-refractivity contribution in [3.8, 4) is 5.75 Å². The highest BCUT2D eigenvalue weighted by atomic mass is 79.9. The molecule has 2 rings (SSSR count). The van der Waals surface area contributed by atoms with Crippen molar-refractivity contribution in [3.05, 3.63) is 51.9 Å². The van der Waals surface area contributed by atoms with Gasteiger partial charge in [0.15, 0.2) is 0 Å². The van der Waals surface area contributed by atoms with Gasteiger partial charge in [0.25, 0.3) is 0 Å². The van der Waals surface area contributed by atoms with E-state index in [0.717, 1.165) is 23.1 Å². The molecule has 2 aromatic rings. The van der Waals surface area contributed by atoms with Gasteiger partial charge in [-0.25, -0.2) is 0 Å². The molecule has 0 aliphatic carbocycles. The zero-order valence-corrected chi connectivity index (χ0v) is 12.0. The fourth-order valence-electron chi connectivity index (χ4n) is 1.45. The number of furan rings is 1. The van der Waals surface area contributed by atoms with E-state index in [9.17, 15) is 0 Å². The van der Waals surface area contributed by atoms with Crippen LogP contribution in [0.25, 0.3) is 0 Å². The van der Waals surface area contributed by atoms with Gasteiger partial charge in [0.1, 0.15) is 12.4 Å². The van der Waals surface area contributed by atoms with E-state index in [0.29, 0.717) is 17.4 Å². The number of nitrogens with one attached hydrogen (secondary N) is 1. The van der Waals surface area contributed by atoms with Crippen LogP contribution in [-0.2, 0) is 6.54 Å². The van der Waals surface area contributed by atoms with Crippen molar-refractivity contribution in [2.45, 2.75) is 6.54 Å². The summed E-state index contributed by atoms with van der Waals surface area (Å²) in [6, 6.07) is 7.48. The van der Waals surface area contributed by atoms with E-state index >= 15 is 0 Å². The van der Waals surface area contributed by atoms with Crippen LogP contribution in [0.3, 0.4) is 0 Å². The lowest BCUT2D eigenvalue weighted by atomic mass is 10.3. The second-order valence-corrected chi connectivity index (χ2v) is 5.05. The van der Waals surface area contributed by atoms with Crippen molar-refractivity contribution in [1.82, 2.24) is 5.32 Å². The lowest BCUT2D eigenvalue weighted by Gasteiger charge is -2.08. The number of rotatable bonds is 6. The molecule has 1 aromatic heterocycles. The van der Waals surface area contributed by atoms with Crippen LogP contribution in [0.1, 0.15) is 5.56 Å². The van der Waals surface area contributed by atoms with Gasteiger partial charge in [-0.15, -0.1) is 0 Å². The van der Waals surface area contributed by atoms with Gasteiger partial charge in [0, 0.05) is 23.1 Å². The number of ether oxygens (including phenoxy) is 1. The average molecular weight is 331 g/mol. The summed E-state index contributed by atoms with van der Waals surface area (Å²) in [5, 5.41) is 3.87. The molecule has 3 nitrogen and oxygen atoms in total. The van der Waals surface area contributed by atoms with Crippen molar-refractivity contribution in [2.24, 2.45) is 0 Å². The van der Waals surface area contributed by atoms with Gasteiger partial charge in [0.05, 0.1) is 17.5 Å². The summed E-state index contributed by atoms with van der Waals surface area (Å²) in [6.45, 7) is 2.08. The summed E-state index contributed by atoms with van der Waals surface area (Å²) < 4.78 is 11.5. The van der Waals surface area contributed by atoms with Crippen molar-refractivity contribution in [1.29, 1.82) is 0 Å². The smallest absolute Gasteiger partial charge is 0.139 e. The molecule has 96 valence electrons. The van der Waals surface area contributed by atoms with E-state index in [-0.39, 0.29) is 0 Å². The zero-order chi connectivity index (χ0) is 12.8. The fraction of sp³-hybridized carbons (Fsp3) is 0.231. The zero-order valence-electron chi connectivity index (χ0n) is 9.66. The average Bonchev–Trinajstić information content (AvgIpc) is 2.86. The van der Waals surface area contributed by atoms with Crippen LogP contribution in [0.5, 0.6) is 5.75 Å². The molecule has 0 saturated heterocycles. The Balaban J connectivity index is 1.70. The van der Waals surface area contributed by atoms with Gasteiger partial charge >= 0.3 is 0 Å². The van der Waals surface area contributed by atoms with Gasteiger partial charge in [-0.1, -0.05) is 27.5 Å². The van der Waals surface area contributed by atoms with Crippen LogP contribution in [0, 0.1) is 0 Å². The summed E-state index contributed by atoms with van der Waals surface area (Å²) in [5.74, 6) is 0.691. The van der Waals surface area contributed by atoms with Crippen molar-refractivity contribution < 1.29 is 9.15 Å². The first-order valence-electron chi connectivity index (χ1n) is 5.55. The second kappa shape index (κ2) is 6.83. The molecule has 0 bridgehead atoms. The first-order valence-corrected chi connectivity index (χ1v) is 6.72. The summed E-state index contributed by atoms with van der Waals surface area (Å²) in [5.41, 5.74) is 1.12. The number of benzene rings is 1. The Morgan fingerprint density at radius 1 is 1.33 bits per heavy atom. The van der Waals surface area contributed by atoms with Crippen molar-refractivity contribution in [3.63, 3.8) is 0 Å². The van der Waals surface area contributed by atoms with Crippen LogP contribution in [0.2, 0.25) is 5.02 Å². The summed E-state index contributed by atoms with van der Waals surface area (Å²) >= 11 is 9.39. The summed E-state index contributed by atoms with van der Waals surface area (Å²) in [6.07, 6.45) is 3.38. The third kappa shape index (κ3) is 4.05. The van der Waals surface area contributed by atoms with E-state index in [1.54, 1.807) is 18.6 Å². The molecular weight excluding hydrogens is 318 g/mol. The maximum atomic E-state index is 6.01. The fourth-order valence-corrected chi connectivity index (χ4v) is 1.96. The molecule has 0 spiro atoms. The molecule has 0 amide bonds. The second-order valence-electron chi connectivity index (χ2n) is 3.73. The SMILES string of the molecule is Clc1ccc(Br)cc1OCCNCc1ccoc1. The minimum Gasteiger partial charge on any atom is -0.491 e. The molecule has 0 fully saturated rings. The van der Waals surface area contributed by atoms with Gasteiger partial charge in [-0.3, -0.25) is 0 Å². The van der Waals surface area contributed by atoms with Crippen LogP contribution in [0.4, 0.5) is 0 Å². The third-order valence-corrected chi connectivity index (χ3v) is 3.14. The van der Waals surface area contributed by atoms with Gasteiger partial charge in [-0.2, -0.15) is 0 Å². The Morgan fingerprint density at radius 2 is 2.22 bits per heavy atom. The minimum atomic E-state index is 0.564. The predicted octanol–water partition coefficient (Wildman–Crippen LogP) is 3.86. The molecule has 0 aliphatic rings. The molecule has 1 N–H and O–H groups in total. The lowest BCUT2D eigenvalue weighted by molar-refractivity contribution is 0.313. The molecule has 0 saturated carbocycles. The monoisotopic (exact) mass is 329 g/mol. The summed E-state index contributed by atoms with van der Waals surface area (Å²) in [4.78, 5) is 0. The largest absolute Gasteiger partial charge is 0.491 e. The van der Waals surface area contributed by atoms with Crippen LogP contribution < -0.4 is 10.1 Å². The number of hydrogen-bond donors (Lipinski definition) is 1. The highest BCUT2D eigenvalue weighted by molar-refractivity contribution is 9.10. The molecular formula is C13H13BrClNO2. The Bertz CT molecular complexity index is 488. The first-order chi connectivity index (χ1) is 8.75. The molecule has 5 heteroatoms. The highest BCUT2D eigenvalue weighted by Gasteiger charge is 2.01. The first kappa shape index (κ1) is 13.5. The Kier molecular flexibility index (Phi) is 5.11. The summed E-state index contributed by atoms with van der Waals surface area (Å²) in [7, 11) is 0. The molecule has 0 aliphatic heterocycles. The Hall–Kier alpha value is -0.970. The maximum absolute atomic E-state index is 6.01. The standard InChI is InChI=1S/C13H13BrClNO2/c14-11-1-2-12(15)13(7-11)18-6-4-16-8-10-3-5-17-9-10/h1-3,5,7,9,16H,4,6,8H2. The van der Waals surface area contributed by atoms with E-state index < -0.39 is 0 Å². The Labute approximate surface area is 119 Å². The van der Waals surface area contributed by atoms with Gasteiger partial charge < -0.3 is 14.5 Å². The molecule has 18 heavy (non-hydrogen) atoms. The van der Waals surface area contributed by atoms with Crippen LogP contribution in [-0.4, -0.2) is 13.2 Å². The number of hydrogen-bond acceptors (Lipinski definition) is 3. The topological polar surface area (TPSA) is 34.4 Å². The van der Waals surface area contributed by atoms with E-state index in [1.165, 1.54) is 0 Å². The molecule has 1 aromatic carbocycles. The van der Waals surface area contributed by atoms with Crippen molar-refractivity contribution in [2.75, 3.05) is 13.2 Å². The normalized spacial score (nSPS) is 10.6. The predicted molar refractivity (Wildman–Crippen MR) is 75.1 cm³/mol. The molecule has 0 radical (unpaired) electrons. The van der Waals surface area contributed by atoms with E-state index in [1.807, 2.05) is 18.2 Å². The van der Waals surface area contributed by atoms with Crippen molar-refractivity contribution >= 4 is 27.5 Å². The van der Waals surface area contributed by atoms with Crippen LogP contribution >= 0.6 is 27.5 Å².